The Hall–Kier alpha value is -0.640. The van der Waals surface area contributed by atoms with Gasteiger partial charge in [0, 0.05) is 5.92 Å². The fourth-order valence-electron chi connectivity index (χ4n) is 5.85. The highest BCUT2D eigenvalue weighted by Gasteiger charge is 2.43. The van der Waals surface area contributed by atoms with Crippen LogP contribution in [0.25, 0.3) is 0 Å². The maximum Gasteiger partial charge on any atom is 0.0723 e. The van der Waals surface area contributed by atoms with Gasteiger partial charge in [-0.2, -0.15) is 0 Å². The van der Waals surface area contributed by atoms with E-state index in [1.807, 2.05) is 6.08 Å². The second-order valence-corrected chi connectivity index (χ2v) is 10.0. The third-order valence-electron chi connectivity index (χ3n) is 7.41. The maximum absolute atomic E-state index is 10.5. The van der Waals surface area contributed by atoms with Gasteiger partial charge in [0.25, 0.3) is 0 Å². The Morgan fingerprint density at radius 1 is 1.14 bits per heavy atom. The molecule has 3 nitrogen and oxygen atoms in total. The largest absolute Gasteiger partial charge is 0.392 e. The highest BCUT2D eigenvalue weighted by molar-refractivity contribution is 5.21. The zero-order valence-electron chi connectivity index (χ0n) is 18.2. The number of hydrogen-bond donors (Lipinski definition) is 2. The number of hydrogen-bond acceptors (Lipinski definition) is 3. The SMILES string of the molecule is CN(C)CCCCCC1=C[C@H]2C[C@@H](O)[C@H](/C=C/[C@H](O)CC3CCCCC3)[C@H]2C1. The van der Waals surface area contributed by atoms with Crippen LogP contribution in [0.2, 0.25) is 0 Å². The molecule has 0 radical (unpaired) electrons. The fourth-order valence-corrected chi connectivity index (χ4v) is 5.85. The molecule has 2 fully saturated rings. The Kier molecular flexibility index (Phi) is 8.62. The summed E-state index contributed by atoms with van der Waals surface area (Å²) in [5, 5.41) is 21.0. The molecule has 5 atom stereocenters. The van der Waals surface area contributed by atoms with Gasteiger partial charge in [0.05, 0.1) is 12.2 Å². The summed E-state index contributed by atoms with van der Waals surface area (Å²) in [6, 6.07) is 0. The summed E-state index contributed by atoms with van der Waals surface area (Å²) in [5.74, 6) is 2.04. The molecule has 3 rings (SSSR count). The molecule has 0 aromatic heterocycles. The molecule has 3 heteroatoms. The van der Waals surface area contributed by atoms with Crippen LogP contribution in [0, 0.1) is 23.7 Å². The van der Waals surface area contributed by atoms with Crippen LogP contribution in [0.3, 0.4) is 0 Å². The number of rotatable bonds is 10. The molecular formula is C25H43NO2. The lowest BCUT2D eigenvalue weighted by atomic mass is 9.84. The molecule has 0 aromatic rings. The second kappa shape index (κ2) is 10.9. The van der Waals surface area contributed by atoms with Crippen molar-refractivity contribution in [1.82, 2.24) is 4.90 Å². The second-order valence-electron chi connectivity index (χ2n) is 10.0. The zero-order valence-corrected chi connectivity index (χ0v) is 18.2. The van der Waals surface area contributed by atoms with Gasteiger partial charge >= 0.3 is 0 Å². The molecule has 0 aliphatic heterocycles. The Morgan fingerprint density at radius 2 is 1.93 bits per heavy atom. The standard InChI is InChI=1S/C25H43NO2/c1-26(2)14-8-4-7-11-20-15-21-18-25(28)23(24(21)17-20)13-12-22(27)16-19-9-5-3-6-10-19/h12-13,15,19,21-25,27-28H,3-11,14,16-18H2,1-2H3/b13-12+/t21-,22-,23+,24-,25+/m0/s1. The van der Waals surface area contributed by atoms with Crippen LogP contribution >= 0.6 is 0 Å². The van der Waals surface area contributed by atoms with E-state index in [1.54, 1.807) is 5.57 Å². The predicted molar refractivity (Wildman–Crippen MR) is 117 cm³/mol. The molecule has 3 aliphatic rings. The van der Waals surface area contributed by atoms with Crippen molar-refractivity contribution in [3.05, 3.63) is 23.8 Å². The highest BCUT2D eigenvalue weighted by Crippen LogP contribution is 2.48. The first-order valence-corrected chi connectivity index (χ1v) is 11.9. The Balaban J connectivity index is 1.42. The third-order valence-corrected chi connectivity index (χ3v) is 7.41. The molecule has 0 spiro atoms. The van der Waals surface area contributed by atoms with E-state index < -0.39 is 0 Å². The minimum atomic E-state index is -0.333. The molecule has 28 heavy (non-hydrogen) atoms. The van der Waals surface area contributed by atoms with Crippen molar-refractivity contribution in [1.29, 1.82) is 0 Å². The highest BCUT2D eigenvalue weighted by atomic mass is 16.3. The van der Waals surface area contributed by atoms with Crippen molar-refractivity contribution in [2.24, 2.45) is 23.7 Å². The van der Waals surface area contributed by atoms with E-state index in [4.69, 9.17) is 0 Å². The molecule has 0 heterocycles. The molecule has 0 unspecified atom stereocenters. The van der Waals surface area contributed by atoms with Crippen molar-refractivity contribution in [2.75, 3.05) is 20.6 Å². The predicted octanol–water partition coefficient (Wildman–Crippen LogP) is 4.94. The third kappa shape index (κ3) is 6.43. The zero-order chi connectivity index (χ0) is 19.9. The topological polar surface area (TPSA) is 43.7 Å². The van der Waals surface area contributed by atoms with E-state index in [9.17, 15) is 10.2 Å². The summed E-state index contributed by atoms with van der Waals surface area (Å²) in [6.45, 7) is 1.19. The van der Waals surface area contributed by atoms with Crippen LogP contribution in [0.5, 0.6) is 0 Å². The average Bonchev–Trinajstić information content (AvgIpc) is 3.16. The first-order chi connectivity index (χ1) is 13.5. The molecular weight excluding hydrogens is 346 g/mol. The number of fused-ring (bicyclic) bond motifs is 1. The lowest BCUT2D eigenvalue weighted by molar-refractivity contribution is 0.138. The normalized spacial score (nSPS) is 32.2. The maximum atomic E-state index is 10.5. The van der Waals surface area contributed by atoms with Gasteiger partial charge in [0.2, 0.25) is 0 Å². The quantitative estimate of drug-likeness (QED) is 0.411. The first kappa shape index (κ1) is 22.1. The number of aliphatic hydroxyl groups excluding tert-OH is 2. The van der Waals surface area contributed by atoms with Crippen molar-refractivity contribution in [2.45, 2.75) is 89.3 Å². The van der Waals surface area contributed by atoms with E-state index >= 15 is 0 Å². The number of aliphatic hydroxyl groups is 2. The van der Waals surface area contributed by atoms with Gasteiger partial charge in [-0.25, -0.2) is 0 Å². The minimum Gasteiger partial charge on any atom is -0.392 e. The van der Waals surface area contributed by atoms with Gasteiger partial charge in [-0.1, -0.05) is 62.3 Å². The molecule has 3 aliphatic carbocycles. The summed E-state index contributed by atoms with van der Waals surface area (Å²) < 4.78 is 0. The van der Waals surface area contributed by atoms with Crippen molar-refractivity contribution in [3.8, 4) is 0 Å². The van der Waals surface area contributed by atoms with Gasteiger partial charge in [0.15, 0.2) is 0 Å². The van der Waals surface area contributed by atoms with E-state index in [-0.39, 0.29) is 18.1 Å². The number of allylic oxidation sites excluding steroid dienone is 2. The molecule has 0 saturated heterocycles. The molecule has 0 bridgehead atoms. The van der Waals surface area contributed by atoms with Crippen LogP contribution in [0.4, 0.5) is 0 Å². The van der Waals surface area contributed by atoms with Crippen LogP contribution in [-0.4, -0.2) is 48.0 Å². The molecule has 0 amide bonds. The van der Waals surface area contributed by atoms with E-state index in [1.165, 1.54) is 64.3 Å². The lowest BCUT2D eigenvalue weighted by Gasteiger charge is -2.23. The van der Waals surface area contributed by atoms with Gasteiger partial charge in [0.1, 0.15) is 0 Å². The van der Waals surface area contributed by atoms with Crippen LogP contribution < -0.4 is 0 Å². The average molecular weight is 390 g/mol. The number of unbranched alkanes of at least 4 members (excludes halogenated alkanes) is 2. The molecule has 0 aromatic carbocycles. The smallest absolute Gasteiger partial charge is 0.0723 e. The summed E-state index contributed by atoms with van der Waals surface area (Å²) in [6.07, 6.45) is 20.8. The van der Waals surface area contributed by atoms with Crippen LogP contribution in [0.15, 0.2) is 23.8 Å². The number of nitrogens with zero attached hydrogens (tertiary/aromatic N) is 1. The van der Waals surface area contributed by atoms with Gasteiger partial charge in [-0.3, -0.25) is 0 Å². The summed E-state index contributed by atoms with van der Waals surface area (Å²) in [5.41, 5.74) is 1.62. The molecule has 2 saturated carbocycles. The van der Waals surface area contributed by atoms with Gasteiger partial charge < -0.3 is 15.1 Å². The Labute approximate surface area is 172 Å². The Morgan fingerprint density at radius 3 is 2.68 bits per heavy atom. The fraction of sp³-hybridized carbons (Fsp3) is 0.840. The van der Waals surface area contributed by atoms with Crippen molar-refractivity contribution >= 4 is 0 Å². The lowest BCUT2D eigenvalue weighted by Crippen LogP contribution is -2.19. The van der Waals surface area contributed by atoms with E-state index in [2.05, 4.69) is 31.1 Å². The summed E-state index contributed by atoms with van der Waals surface area (Å²) in [7, 11) is 4.29. The van der Waals surface area contributed by atoms with E-state index in [0.717, 1.165) is 19.3 Å². The summed E-state index contributed by atoms with van der Waals surface area (Å²) in [4.78, 5) is 2.26. The van der Waals surface area contributed by atoms with E-state index in [0.29, 0.717) is 17.8 Å². The van der Waals surface area contributed by atoms with Crippen molar-refractivity contribution < 1.29 is 10.2 Å². The van der Waals surface area contributed by atoms with Crippen molar-refractivity contribution in [3.63, 3.8) is 0 Å². The Bertz CT molecular complexity index is 521. The minimum absolute atomic E-state index is 0.230. The van der Waals surface area contributed by atoms with Gasteiger partial charge in [-0.05, 0) is 76.9 Å². The van der Waals surface area contributed by atoms with Crippen LogP contribution in [0.1, 0.15) is 77.0 Å². The van der Waals surface area contributed by atoms with Crippen LogP contribution in [-0.2, 0) is 0 Å². The molecule has 160 valence electrons. The van der Waals surface area contributed by atoms with Gasteiger partial charge in [-0.15, -0.1) is 0 Å². The summed E-state index contributed by atoms with van der Waals surface area (Å²) >= 11 is 0. The molecule has 2 N–H and O–H groups in total. The monoisotopic (exact) mass is 389 g/mol. The first-order valence-electron chi connectivity index (χ1n) is 11.9.